The molecule has 0 aromatic carbocycles. The van der Waals surface area contributed by atoms with Gasteiger partial charge in [-0.1, -0.05) is 6.92 Å². The molecule has 0 aromatic heterocycles. The van der Waals surface area contributed by atoms with Crippen LogP contribution < -0.4 is 5.84 Å². The highest BCUT2D eigenvalue weighted by molar-refractivity contribution is 7.80. The van der Waals surface area contributed by atoms with Crippen LogP contribution in [0.3, 0.4) is 0 Å². The number of imide groups is 1. The lowest BCUT2D eigenvalue weighted by molar-refractivity contribution is -0.149. The first kappa shape index (κ1) is 17.1. The second-order valence-electron chi connectivity index (χ2n) is 6.38. The molecule has 0 aromatic rings. The minimum Gasteiger partial charge on any atom is -0.309 e. The van der Waals surface area contributed by atoms with Gasteiger partial charge in [-0.2, -0.15) is 13.5 Å². The van der Waals surface area contributed by atoms with E-state index in [2.05, 4.69) is 4.28 Å². The molecule has 2 saturated heterocycles. The van der Waals surface area contributed by atoms with Gasteiger partial charge in [-0.15, -0.1) is 4.28 Å². The molecular formula is C12H18N4O7S. The Morgan fingerprint density at radius 3 is 2.50 bits per heavy atom. The van der Waals surface area contributed by atoms with E-state index < -0.39 is 40.3 Å². The maximum Gasteiger partial charge on any atom is 0.418 e. The molecule has 3 rings (SSSR count). The number of hydrogen-bond acceptors (Lipinski definition) is 7. The Morgan fingerprint density at radius 2 is 1.96 bits per heavy atom. The molecule has 24 heavy (non-hydrogen) atoms. The molecule has 0 radical (unpaired) electrons. The standard InChI is InChI=1S/C12H18N4O7S/c1-6-4-8(6)10(17)15(13)11(18)9-3-2-7-5-14(9)12(19)16(7)23-24(20,21)22/h6-9H,2-5,13H2,1H3,(H,20,21,22). The molecule has 3 N–H and O–H groups in total. The van der Waals surface area contributed by atoms with Gasteiger partial charge in [0.2, 0.25) is 5.91 Å². The lowest BCUT2D eigenvalue weighted by Gasteiger charge is -2.31. The molecule has 0 spiro atoms. The zero-order valence-electron chi connectivity index (χ0n) is 12.9. The minimum absolute atomic E-state index is 0.0482. The first-order valence-corrected chi connectivity index (χ1v) is 8.86. The lowest BCUT2D eigenvalue weighted by Crippen LogP contribution is -2.55. The number of rotatable bonds is 4. The van der Waals surface area contributed by atoms with Crippen molar-refractivity contribution in [1.82, 2.24) is 15.0 Å². The number of urea groups is 1. The van der Waals surface area contributed by atoms with Crippen molar-refractivity contribution in [3.63, 3.8) is 0 Å². The number of carbonyl (C=O) groups excluding carboxylic acids is 3. The zero-order valence-corrected chi connectivity index (χ0v) is 13.7. The highest BCUT2D eigenvalue weighted by atomic mass is 32.3. The fourth-order valence-corrected chi connectivity index (χ4v) is 3.59. The largest absolute Gasteiger partial charge is 0.418 e. The number of nitrogens with two attached hydrogens (primary N) is 1. The van der Waals surface area contributed by atoms with Crippen molar-refractivity contribution in [2.75, 3.05) is 6.54 Å². The van der Waals surface area contributed by atoms with Crippen LogP contribution in [0.5, 0.6) is 0 Å². The number of hydrazine groups is 1. The number of hydrogen-bond donors (Lipinski definition) is 2. The summed E-state index contributed by atoms with van der Waals surface area (Å²) in [4.78, 5) is 37.9. The van der Waals surface area contributed by atoms with Crippen molar-refractivity contribution >= 4 is 28.2 Å². The van der Waals surface area contributed by atoms with Gasteiger partial charge >= 0.3 is 16.4 Å². The number of amides is 4. The van der Waals surface area contributed by atoms with Gasteiger partial charge in [0.1, 0.15) is 6.04 Å². The van der Waals surface area contributed by atoms with Gasteiger partial charge in [0.25, 0.3) is 5.91 Å². The van der Waals surface area contributed by atoms with Crippen LogP contribution in [0.25, 0.3) is 0 Å². The van der Waals surface area contributed by atoms with E-state index in [1.165, 1.54) is 0 Å². The van der Waals surface area contributed by atoms with E-state index in [0.29, 0.717) is 16.5 Å². The van der Waals surface area contributed by atoms with Crippen LogP contribution in [0.15, 0.2) is 0 Å². The molecule has 12 heteroatoms. The second kappa shape index (κ2) is 5.65. The number of fused-ring (bicyclic) bond motifs is 2. The monoisotopic (exact) mass is 362 g/mol. The molecule has 2 heterocycles. The van der Waals surface area contributed by atoms with Gasteiger partial charge in [0, 0.05) is 12.5 Å². The Balaban J connectivity index is 1.71. The summed E-state index contributed by atoms with van der Waals surface area (Å²) in [6.45, 7) is 1.92. The van der Waals surface area contributed by atoms with E-state index in [0.717, 1.165) is 4.90 Å². The van der Waals surface area contributed by atoms with E-state index in [1.54, 1.807) is 0 Å². The maximum absolute atomic E-state index is 12.5. The van der Waals surface area contributed by atoms with Crippen LogP contribution >= 0.6 is 0 Å². The Kier molecular flexibility index (Phi) is 4.02. The quantitative estimate of drug-likeness (QED) is 0.210. The summed E-state index contributed by atoms with van der Waals surface area (Å²) in [6, 6.07) is -2.44. The first-order valence-electron chi connectivity index (χ1n) is 7.49. The van der Waals surface area contributed by atoms with Crippen molar-refractivity contribution in [1.29, 1.82) is 0 Å². The van der Waals surface area contributed by atoms with Crippen LogP contribution in [0.1, 0.15) is 26.2 Å². The molecule has 134 valence electrons. The molecular weight excluding hydrogens is 344 g/mol. The molecule has 2 aliphatic heterocycles. The first-order chi connectivity index (χ1) is 11.1. The van der Waals surface area contributed by atoms with Crippen LogP contribution in [-0.4, -0.2) is 64.4 Å². The fourth-order valence-electron chi connectivity index (χ4n) is 3.20. The molecule has 2 bridgehead atoms. The van der Waals surface area contributed by atoms with Gasteiger partial charge in [0.05, 0.1) is 6.04 Å². The van der Waals surface area contributed by atoms with Crippen LogP contribution in [-0.2, 0) is 24.3 Å². The van der Waals surface area contributed by atoms with E-state index in [1.807, 2.05) is 6.92 Å². The number of carbonyl (C=O) groups is 3. The average Bonchev–Trinajstić information content (AvgIpc) is 3.20. The molecule has 3 fully saturated rings. The summed E-state index contributed by atoms with van der Waals surface area (Å²) in [5.74, 6) is 4.34. The van der Waals surface area contributed by atoms with Gasteiger partial charge in [-0.05, 0) is 25.2 Å². The topological polar surface area (TPSA) is 151 Å². The van der Waals surface area contributed by atoms with E-state index in [4.69, 9.17) is 10.4 Å². The molecule has 11 nitrogen and oxygen atoms in total. The van der Waals surface area contributed by atoms with Crippen LogP contribution in [0, 0.1) is 11.8 Å². The van der Waals surface area contributed by atoms with Crippen LogP contribution in [0.2, 0.25) is 0 Å². The third-order valence-corrected chi connectivity index (χ3v) is 5.03. The Labute approximate surface area is 138 Å². The van der Waals surface area contributed by atoms with Crippen LogP contribution in [0.4, 0.5) is 4.79 Å². The third kappa shape index (κ3) is 2.97. The zero-order chi connectivity index (χ0) is 17.8. The number of hydroxylamine groups is 2. The van der Waals surface area contributed by atoms with Gasteiger partial charge < -0.3 is 4.90 Å². The Morgan fingerprint density at radius 1 is 1.33 bits per heavy atom. The normalized spacial score (nSPS) is 32.0. The van der Waals surface area contributed by atoms with Gasteiger partial charge in [-0.25, -0.2) is 15.6 Å². The van der Waals surface area contributed by atoms with Gasteiger partial charge in [-0.3, -0.25) is 14.1 Å². The highest BCUT2D eigenvalue weighted by Crippen LogP contribution is 2.39. The molecule has 4 amide bonds. The van der Waals surface area contributed by atoms with E-state index in [-0.39, 0.29) is 31.2 Å². The average molecular weight is 362 g/mol. The second-order valence-corrected chi connectivity index (χ2v) is 7.38. The summed E-state index contributed by atoms with van der Waals surface area (Å²) in [6.07, 6.45) is 1.16. The smallest absolute Gasteiger partial charge is 0.309 e. The number of nitrogens with zero attached hydrogens (tertiary/aromatic N) is 3. The van der Waals surface area contributed by atoms with E-state index >= 15 is 0 Å². The lowest BCUT2D eigenvalue weighted by atomic mass is 10.00. The molecule has 3 aliphatic rings. The summed E-state index contributed by atoms with van der Waals surface area (Å²) in [5.41, 5.74) is 0. The SMILES string of the molecule is CC1CC1C(=O)N(N)C(=O)C1CCC2CN1C(=O)N2OS(=O)(=O)O. The van der Waals surface area contributed by atoms with Crippen molar-refractivity contribution in [3.8, 4) is 0 Å². The predicted molar refractivity (Wildman–Crippen MR) is 76.7 cm³/mol. The Hall–Kier alpha value is -1.76. The minimum atomic E-state index is -4.85. The van der Waals surface area contributed by atoms with E-state index in [9.17, 15) is 22.8 Å². The van der Waals surface area contributed by atoms with Crippen molar-refractivity contribution in [3.05, 3.63) is 0 Å². The Bertz CT molecular complexity index is 696. The summed E-state index contributed by atoms with van der Waals surface area (Å²) >= 11 is 0. The fraction of sp³-hybridized carbons (Fsp3) is 0.750. The summed E-state index contributed by atoms with van der Waals surface area (Å²) in [7, 11) is -4.85. The van der Waals surface area contributed by atoms with Crippen molar-refractivity contribution in [2.45, 2.75) is 38.3 Å². The molecule has 1 saturated carbocycles. The maximum atomic E-state index is 12.5. The molecule has 4 atom stereocenters. The summed E-state index contributed by atoms with van der Waals surface area (Å²) in [5, 5.41) is 1.09. The molecule has 4 unspecified atom stereocenters. The molecule has 1 aliphatic carbocycles. The van der Waals surface area contributed by atoms with Gasteiger partial charge in [0.15, 0.2) is 0 Å². The van der Waals surface area contributed by atoms with Crippen molar-refractivity contribution < 1.29 is 31.6 Å². The number of piperidine rings is 1. The third-order valence-electron chi connectivity index (χ3n) is 4.68. The highest BCUT2D eigenvalue weighted by Gasteiger charge is 2.51. The van der Waals surface area contributed by atoms with Crippen molar-refractivity contribution in [2.24, 2.45) is 17.7 Å². The summed E-state index contributed by atoms with van der Waals surface area (Å²) < 4.78 is 34.7. The predicted octanol–water partition coefficient (Wildman–Crippen LogP) is -1.13.